The maximum Gasteiger partial charge on any atom is 0.156 e. The fourth-order valence-corrected chi connectivity index (χ4v) is 4.02. The molecule has 3 rings (SSSR count). The minimum Gasteiger partial charge on any atom is -0.378 e. The number of rotatable bonds is 13. The van der Waals surface area contributed by atoms with E-state index in [1.807, 2.05) is 35.2 Å². The van der Waals surface area contributed by atoms with Gasteiger partial charge in [0.15, 0.2) is 19.6 Å². The average Bonchev–Trinajstić information content (AvgIpc) is 3.41. The van der Waals surface area contributed by atoms with Crippen LogP contribution in [0.5, 0.6) is 0 Å². The first kappa shape index (κ1) is 26.1. The molecule has 32 heavy (non-hydrogen) atoms. The third kappa shape index (κ3) is 8.38. The summed E-state index contributed by atoms with van der Waals surface area (Å²) in [5.41, 5.74) is 0. The molecule has 3 aliphatic heterocycles. The smallest absolute Gasteiger partial charge is 0.156 e. The highest BCUT2D eigenvalue weighted by molar-refractivity contribution is 4.67. The second kappa shape index (κ2) is 10.8. The van der Waals surface area contributed by atoms with Crippen LogP contribution in [0.15, 0.2) is 0 Å². The molecule has 0 aromatic rings. The molecule has 3 fully saturated rings. The van der Waals surface area contributed by atoms with Crippen LogP contribution in [0, 0.1) is 0 Å². The van der Waals surface area contributed by atoms with Crippen molar-refractivity contribution in [3.8, 4) is 0 Å². The quantitative estimate of drug-likeness (QED) is 0.223. The fraction of sp³-hybridized carbons (Fsp3) is 1.00. The lowest BCUT2D eigenvalue weighted by atomic mass is 10.3. The van der Waals surface area contributed by atoms with Crippen molar-refractivity contribution in [1.29, 1.82) is 0 Å². The van der Waals surface area contributed by atoms with Crippen LogP contribution in [0.3, 0.4) is 0 Å². The summed E-state index contributed by atoms with van der Waals surface area (Å²) < 4.78 is 21.9. The molecule has 0 spiro atoms. The Labute approximate surface area is 191 Å². The van der Waals surface area contributed by atoms with Crippen molar-refractivity contribution in [1.82, 2.24) is 0 Å². The molecule has 12 nitrogen and oxygen atoms in total. The molecular formula is C20H44N4O8+4. The zero-order valence-electron chi connectivity index (χ0n) is 20.7. The standard InChI is InChI=1S/C20H44N4O8/c1-7-10-22(4)29-21(2,3)30-23(5,12-9-14-27-19-16-26-17-19)32-24(6,31-22)11-8-13-25-15-20-18-28-20/h19-20H,7-18H2,1-6H3/q+4. The highest BCUT2D eigenvalue weighted by Crippen LogP contribution is 2.29. The first-order valence-electron chi connectivity index (χ1n) is 11.7. The molecule has 0 bridgehead atoms. The summed E-state index contributed by atoms with van der Waals surface area (Å²) in [7, 11) is 9.26. The summed E-state index contributed by atoms with van der Waals surface area (Å²) in [4.78, 5) is 24.9. The average molecular weight is 469 g/mol. The number of ether oxygens (including phenoxy) is 4. The molecule has 4 unspecified atom stereocenters. The molecule has 0 saturated carbocycles. The molecule has 0 aromatic heterocycles. The lowest BCUT2D eigenvalue weighted by molar-refractivity contribution is -1.66. The summed E-state index contributed by atoms with van der Waals surface area (Å²) in [6, 6.07) is 0. The van der Waals surface area contributed by atoms with E-state index < -0.39 is 0 Å². The predicted molar refractivity (Wildman–Crippen MR) is 110 cm³/mol. The third-order valence-electron chi connectivity index (χ3n) is 5.29. The Morgan fingerprint density at radius 2 is 1.31 bits per heavy atom. The van der Waals surface area contributed by atoms with E-state index in [4.69, 9.17) is 38.7 Å². The molecule has 3 aliphatic rings. The Kier molecular flexibility index (Phi) is 8.86. The van der Waals surface area contributed by atoms with E-state index in [0.717, 1.165) is 25.9 Å². The predicted octanol–water partition coefficient (Wildman–Crippen LogP) is 0.824. The van der Waals surface area contributed by atoms with Crippen LogP contribution in [-0.4, -0.2) is 126 Å². The zero-order valence-corrected chi connectivity index (χ0v) is 20.7. The Hall–Kier alpha value is -0.480. The third-order valence-corrected chi connectivity index (χ3v) is 5.29. The lowest BCUT2D eigenvalue weighted by Crippen LogP contribution is -2.71. The Balaban J connectivity index is 1.62. The van der Waals surface area contributed by atoms with E-state index in [0.29, 0.717) is 52.7 Å². The van der Waals surface area contributed by atoms with Gasteiger partial charge in [-0.1, -0.05) is 6.92 Å². The summed E-state index contributed by atoms with van der Waals surface area (Å²) in [6.45, 7) is 7.81. The fourth-order valence-electron chi connectivity index (χ4n) is 4.02. The van der Waals surface area contributed by atoms with Gasteiger partial charge in [-0.15, -0.1) is 0 Å². The van der Waals surface area contributed by atoms with Crippen LogP contribution in [0.4, 0.5) is 0 Å². The molecule has 0 N–H and O–H groups in total. The normalized spacial score (nSPS) is 37.5. The number of quaternary nitrogens is 4. The van der Waals surface area contributed by atoms with Gasteiger partial charge < -0.3 is 18.9 Å². The van der Waals surface area contributed by atoms with Gasteiger partial charge in [-0.3, -0.25) is 0 Å². The van der Waals surface area contributed by atoms with Crippen LogP contribution in [0.2, 0.25) is 0 Å². The molecule has 4 atom stereocenters. The first-order valence-corrected chi connectivity index (χ1v) is 11.7. The van der Waals surface area contributed by atoms with Crippen LogP contribution in [0.25, 0.3) is 0 Å². The molecule has 12 heteroatoms. The van der Waals surface area contributed by atoms with Crippen molar-refractivity contribution in [2.45, 2.75) is 38.4 Å². The van der Waals surface area contributed by atoms with Crippen LogP contribution in [-0.2, 0) is 38.7 Å². The topological polar surface area (TPSA) is 77.1 Å². The minimum absolute atomic E-state index is 0.110. The van der Waals surface area contributed by atoms with Crippen LogP contribution >= 0.6 is 0 Å². The van der Waals surface area contributed by atoms with Gasteiger partial charge in [0.25, 0.3) is 0 Å². The van der Waals surface area contributed by atoms with Gasteiger partial charge in [0.1, 0.15) is 47.4 Å². The van der Waals surface area contributed by atoms with E-state index in [1.54, 1.807) is 0 Å². The van der Waals surface area contributed by atoms with Gasteiger partial charge in [0.05, 0.1) is 78.6 Å². The largest absolute Gasteiger partial charge is 0.378 e. The summed E-state index contributed by atoms with van der Waals surface area (Å²) in [5, 5.41) is 0. The van der Waals surface area contributed by atoms with Gasteiger partial charge in [0, 0.05) is 19.3 Å². The highest BCUT2D eigenvalue weighted by atomic mass is 17.4. The molecule has 0 amide bonds. The van der Waals surface area contributed by atoms with Crippen molar-refractivity contribution >= 4 is 0 Å². The molecule has 0 radical (unpaired) electrons. The Morgan fingerprint density at radius 1 is 0.750 bits per heavy atom. The number of nitrogens with zero attached hydrogens (tertiary/aromatic N) is 4. The second-order valence-electron chi connectivity index (χ2n) is 9.56. The summed E-state index contributed by atoms with van der Waals surface area (Å²) in [5.74, 6) is 0. The molecule has 3 heterocycles. The number of epoxide rings is 1. The molecule has 3 saturated heterocycles. The summed E-state index contributed by atoms with van der Waals surface area (Å²) in [6.07, 6.45) is 2.82. The monoisotopic (exact) mass is 468 g/mol. The lowest BCUT2D eigenvalue weighted by Gasteiger charge is -2.41. The van der Waals surface area contributed by atoms with Crippen LogP contribution in [0.1, 0.15) is 26.2 Å². The van der Waals surface area contributed by atoms with Crippen molar-refractivity contribution < 1.29 is 57.9 Å². The Bertz CT molecular complexity index is 594. The molecule has 188 valence electrons. The van der Waals surface area contributed by atoms with Crippen molar-refractivity contribution in [3.63, 3.8) is 0 Å². The van der Waals surface area contributed by atoms with Crippen molar-refractivity contribution in [2.24, 2.45) is 0 Å². The number of hydroxylamine groups is 16. The van der Waals surface area contributed by atoms with Gasteiger partial charge in [-0.05, 0) is 0 Å². The Morgan fingerprint density at radius 3 is 1.84 bits per heavy atom. The van der Waals surface area contributed by atoms with Gasteiger partial charge in [-0.25, -0.2) is 0 Å². The van der Waals surface area contributed by atoms with Gasteiger partial charge >= 0.3 is 0 Å². The van der Waals surface area contributed by atoms with E-state index in [9.17, 15) is 0 Å². The van der Waals surface area contributed by atoms with Crippen molar-refractivity contribution in [3.05, 3.63) is 0 Å². The maximum absolute atomic E-state index is 6.49. The first-order chi connectivity index (χ1) is 15.0. The zero-order chi connectivity index (χ0) is 23.3. The molecule has 0 aliphatic carbocycles. The number of hydrogen-bond acceptors (Lipinski definition) is 8. The minimum atomic E-state index is -0.186. The highest BCUT2D eigenvalue weighted by Gasteiger charge is 2.59. The van der Waals surface area contributed by atoms with E-state index in [-0.39, 0.29) is 31.4 Å². The summed E-state index contributed by atoms with van der Waals surface area (Å²) >= 11 is 0. The van der Waals surface area contributed by atoms with Crippen LogP contribution < -0.4 is 0 Å². The maximum atomic E-state index is 6.49. The number of hydrogen-bond donors (Lipinski definition) is 0. The van der Waals surface area contributed by atoms with Gasteiger partial charge in [-0.2, -0.15) is 0 Å². The molecule has 0 aromatic carbocycles. The van der Waals surface area contributed by atoms with Crippen molar-refractivity contribution in [2.75, 3.05) is 94.5 Å². The van der Waals surface area contributed by atoms with E-state index >= 15 is 0 Å². The van der Waals surface area contributed by atoms with Gasteiger partial charge in [0.2, 0.25) is 0 Å². The van der Waals surface area contributed by atoms with E-state index in [1.165, 1.54) is 0 Å². The molecular weight excluding hydrogens is 424 g/mol. The SMILES string of the molecule is CCC[N+]1(C)O[N+](C)(C)O[N+](C)(CCCOC2COC2)O[N+](C)(CCCOCC2CO2)O1. The van der Waals surface area contributed by atoms with E-state index in [2.05, 4.69) is 6.92 Å². The second-order valence-corrected chi connectivity index (χ2v) is 9.56.